The number of amides is 1. The topological polar surface area (TPSA) is 66.6 Å². The molecule has 3 heterocycles. The number of aliphatic hydroxyl groups excluding tert-OH is 1. The molecule has 0 saturated carbocycles. The maximum Gasteiger partial charge on any atom is 0.260 e. The van der Waals surface area contributed by atoms with Gasteiger partial charge in [-0.1, -0.05) is 65.8 Å². The largest absolute Gasteiger partial charge is 0.396 e. The van der Waals surface area contributed by atoms with Gasteiger partial charge in [-0.05, 0) is 38.2 Å². The summed E-state index contributed by atoms with van der Waals surface area (Å²) in [4.78, 5) is 15.8. The van der Waals surface area contributed by atoms with E-state index in [2.05, 4.69) is 17.3 Å². The first-order valence-corrected chi connectivity index (χ1v) is 10.6. The van der Waals surface area contributed by atoms with Crippen LogP contribution in [-0.4, -0.2) is 39.8 Å². The molecule has 3 aromatic rings. The van der Waals surface area contributed by atoms with E-state index in [0.717, 1.165) is 31.2 Å². The van der Waals surface area contributed by atoms with Crippen molar-refractivity contribution in [2.75, 3.05) is 6.61 Å². The average Bonchev–Trinajstić information content (AvgIpc) is 3.46. The molecule has 154 valence electrons. The molecule has 0 radical (unpaired) electrons. The number of rotatable bonds is 5. The first-order valence-electron chi connectivity index (χ1n) is 10.6. The second-order valence-electron chi connectivity index (χ2n) is 8.67. The van der Waals surface area contributed by atoms with Gasteiger partial charge in [-0.15, -0.1) is 0 Å². The zero-order valence-corrected chi connectivity index (χ0v) is 17.1. The monoisotopic (exact) mass is 402 g/mol. The summed E-state index contributed by atoms with van der Waals surface area (Å²) in [6, 6.07) is 20.2. The highest BCUT2D eigenvalue weighted by molar-refractivity contribution is 6.01. The minimum absolute atomic E-state index is 0.0245. The molecule has 5 heteroatoms. The number of carbonyl (C=O) groups excluding carboxylic acids is 1. The molecule has 2 aliphatic rings. The van der Waals surface area contributed by atoms with E-state index in [-0.39, 0.29) is 30.0 Å². The molecule has 3 atom stereocenters. The fraction of sp³-hybridized carbons (Fsp3) is 0.360. The van der Waals surface area contributed by atoms with Crippen LogP contribution in [0.15, 0.2) is 65.2 Å². The highest BCUT2D eigenvalue weighted by Crippen LogP contribution is 2.52. The second kappa shape index (κ2) is 7.40. The zero-order chi connectivity index (χ0) is 20.7. The number of aromatic nitrogens is 1. The van der Waals surface area contributed by atoms with Crippen LogP contribution in [0.2, 0.25) is 0 Å². The predicted octanol–water partition coefficient (Wildman–Crippen LogP) is 4.25. The van der Waals surface area contributed by atoms with Gasteiger partial charge < -0.3 is 14.5 Å². The van der Waals surface area contributed by atoms with Gasteiger partial charge in [0.25, 0.3) is 5.91 Å². The number of hydrogen-bond acceptors (Lipinski definition) is 4. The molecule has 0 unspecified atom stereocenters. The third-order valence-corrected chi connectivity index (χ3v) is 6.92. The summed E-state index contributed by atoms with van der Waals surface area (Å²) in [5.74, 6) is 0.520. The maximum absolute atomic E-state index is 13.8. The lowest BCUT2D eigenvalue weighted by atomic mass is 9.70. The number of aryl methyl sites for hydroxylation is 1. The van der Waals surface area contributed by atoms with E-state index in [0.29, 0.717) is 17.0 Å². The van der Waals surface area contributed by atoms with E-state index in [4.69, 9.17) is 4.52 Å². The van der Waals surface area contributed by atoms with Crippen molar-refractivity contribution >= 4 is 5.91 Å². The zero-order valence-electron chi connectivity index (χ0n) is 17.1. The van der Waals surface area contributed by atoms with Gasteiger partial charge in [0.05, 0.1) is 6.61 Å². The van der Waals surface area contributed by atoms with Crippen molar-refractivity contribution in [1.82, 2.24) is 10.1 Å². The molecule has 2 saturated heterocycles. The molecule has 30 heavy (non-hydrogen) atoms. The standard InChI is InChI=1S/C25H26N2O3/c1-17-22(23(26-30-17)19-10-6-3-7-11-19)24(29)27-20-12-13-21(27)25(15-20,16-28)14-18-8-4-2-5-9-18/h2-11,20-21,28H,12-16H2,1H3/t20-,21+,25-/m0/s1. The summed E-state index contributed by atoms with van der Waals surface area (Å²) in [5.41, 5.74) is 2.94. The van der Waals surface area contributed by atoms with Gasteiger partial charge >= 0.3 is 0 Å². The van der Waals surface area contributed by atoms with E-state index >= 15 is 0 Å². The van der Waals surface area contributed by atoms with Crippen molar-refractivity contribution in [1.29, 1.82) is 0 Å². The van der Waals surface area contributed by atoms with Crippen LogP contribution in [0.4, 0.5) is 0 Å². The summed E-state index contributed by atoms with van der Waals surface area (Å²) in [6.45, 7) is 1.88. The Morgan fingerprint density at radius 2 is 1.83 bits per heavy atom. The summed E-state index contributed by atoms with van der Waals surface area (Å²) in [7, 11) is 0. The van der Waals surface area contributed by atoms with Crippen molar-refractivity contribution in [3.05, 3.63) is 77.6 Å². The number of benzene rings is 2. The third-order valence-electron chi connectivity index (χ3n) is 6.92. The molecule has 2 aliphatic heterocycles. The molecule has 0 spiro atoms. The molecule has 2 fully saturated rings. The average molecular weight is 402 g/mol. The van der Waals surface area contributed by atoms with Crippen LogP contribution < -0.4 is 0 Å². The Labute approximate surface area is 176 Å². The quantitative estimate of drug-likeness (QED) is 0.693. The van der Waals surface area contributed by atoms with Crippen LogP contribution in [0.1, 0.15) is 40.9 Å². The van der Waals surface area contributed by atoms with Gasteiger partial charge in [0.2, 0.25) is 0 Å². The van der Waals surface area contributed by atoms with Crippen molar-refractivity contribution in [2.24, 2.45) is 5.41 Å². The summed E-state index contributed by atoms with van der Waals surface area (Å²) < 4.78 is 5.45. The van der Waals surface area contributed by atoms with Crippen molar-refractivity contribution < 1.29 is 14.4 Å². The van der Waals surface area contributed by atoms with E-state index in [1.165, 1.54) is 5.56 Å². The van der Waals surface area contributed by atoms with Gasteiger partial charge in [0, 0.05) is 23.1 Å². The molecular weight excluding hydrogens is 376 g/mol. The van der Waals surface area contributed by atoms with Crippen molar-refractivity contribution in [2.45, 2.75) is 44.7 Å². The Hall–Kier alpha value is -2.92. The number of fused-ring (bicyclic) bond motifs is 2. The normalized spacial score (nSPS) is 25.1. The van der Waals surface area contributed by atoms with Gasteiger partial charge in [0.15, 0.2) is 0 Å². The summed E-state index contributed by atoms with van der Waals surface area (Å²) in [5, 5.41) is 14.6. The molecule has 1 aromatic heterocycles. The number of carbonyl (C=O) groups is 1. The van der Waals surface area contributed by atoms with E-state index in [1.807, 2.05) is 53.4 Å². The Balaban J connectivity index is 1.49. The summed E-state index contributed by atoms with van der Waals surface area (Å²) in [6.07, 6.45) is 3.52. The van der Waals surface area contributed by atoms with Gasteiger partial charge in [-0.25, -0.2) is 0 Å². The molecule has 1 amide bonds. The van der Waals surface area contributed by atoms with Crippen LogP contribution in [0.3, 0.4) is 0 Å². The Morgan fingerprint density at radius 3 is 2.53 bits per heavy atom. The maximum atomic E-state index is 13.8. The van der Waals surface area contributed by atoms with Gasteiger partial charge in [0.1, 0.15) is 17.0 Å². The lowest BCUT2D eigenvalue weighted by Gasteiger charge is -2.36. The number of aliphatic hydroxyl groups is 1. The second-order valence-corrected chi connectivity index (χ2v) is 8.67. The lowest BCUT2D eigenvalue weighted by molar-refractivity contribution is 0.0570. The molecular formula is C25H26N2O3. The Bertz CT molecular complexity index is 1050. The molecule has 5 rings (SSSR count). The molecule has 0 aliphatic carbocycles. The highest BCUT2D eigenvalue weighted by atomic mass is 16.5. The number of hydrogen-bond donors (Lipinski definition) is 1. The minimum Gasteiger partial charge on any atom is -0.396 e. The predicted molar refractivity (Wildman–Crippen MR) is 114 cm³/mol. The number of nitrogens with zero attached hydrogens (tertiary/aromatic N) is 2. The highest BCUT2D eigenvalue weighted by Gasteiger charge is 2.57. The Morgan fingerprint density at radius 1 is 1.13 bits per heavy atom. The fourth-order valence-electron chi connectivity index (χ4n) is 5.56. The Kier molecular flexibility index (Phi) is 4.70. The van der Waals surface area contributed by atoms with E-state index in [1.54, 1.807) is 6.92 Å². The molecule has 2 bridgehead atoms. The SMILES string of the molecule is Cc1onc(-c2ccccc2)c1C(=O)N1[C@H]2CC[C@@H]1[C@@](CO)(Cc1ccccc1)C2. The van der Waals surface area contributed by atoms with Crippen molar-refractivity contribution in [3.63, 3.8) is 0 Å². The first kappa shape index (κ1) is 19.1. The van der Waals surface area contributed by atoms with Crippen LogP contribution in [0.25, 0.3) is 11.3 Å². The smallest absolute Gasteiger partial charge is 0.260 e. The van der Waals surface area contributed by atoms with Crippen molar-refractivity contribution in [3.8, 4) is 11.3 Å². The van der Waals surface area contributed by atoms with Crippen LogP contribution in [0.5, 0.6) is 0 Å². The third kappa shape index (κ3) is 2.96. The van der Waals surface area contributed by atoms with Crippen LogP contribution >= 0.6 is 0 Å². The lowest BCUT2D eigenvalue weighted by Crippen LogP contribution is -2.44. The van der Waals surface area contributed by atoms with Gasteiger partial charge in [-0.2, -0.15) is 0 Å². The first-order chi connectivity index (χ1) is 14.6. The van der Waals surface area contributed by atoms with E-state index in [9.17, 15) is 9.90 Å². The summed E-state index contributed by atoms with van der Waals surface area (Å²) >= 11 is 0. The van der Waals surface area contributed by atoms with Gasteiger partial charge in [-0.3, -0.25) is 4.79 Å². The van der Waals surface area contributed by atoms with E-state index < -0.39 is 0 Å². The molecule has 5 nitrogen and oxygen atoms in total. The molecule has 2 aromatic carbocycles. The minimum atomic E-state index is -0.294. The van der Waals surface area contributed by atoms with Crippen LogP contribution in [0, 0.1) is 12.3 Å². The van der Waals surface area contributed by atoms with Crippen LogP contribution in [-0.2, 0) is 6.42 Å². The fourth-order valence-corrected chi connectivity index (χ4v) is 5.56. The molecule has 1 N–H and O–H groups in total.